The second kappa shape index (κ2) is 5.04. The summed E-state index contributed by atoms with van der Waals surface area (Å²) in [7, 11) is 0. The van der Waals surface area contributed by atoms with Gasteiger partial charge in [0.05, 0.1) is 0 Å². The molecule has 4 rings (SSSR count). The summed E-state index contributed by atoms with van der Waals surface area (Å²) in [4.78, 5) is 15.1. The van der Waals surface area contributed by atoms with Gasteiger partial charge < -0.3 is 10.6 Å². The minimum Gasteiger partial charge on any atom is -0.398 e. The number of fused-ring (bicyclic) bond motifs is 1. The second-order valence-corrected chi connectivity index (χ2v) is 7.03. The molecule has 3 heteroatoms. The molecular formula is C18H24N2O. The predicted molar refractivity (Wildman–Crippen MR) is 83.4 cm³/mol. The van der Waals surface area contributed by atoms with E-state index in [1.165, 1.54) is 38.5 Å². The van der Waals surface area contributed by atoms with E-state index in [1.807, 2.05) is 18.2 Å². The van der Waals surface area contributed by atoms with Gasteiger partial charge in [-0.15, -0.1) is 0 Å². The molecular weight excluding hydrogens is 260 g/mol. The van der Waals surface area contributed by atoms with E-state index in [-0.39, 0.29) is 0 Å². The summed E-state index contributed by atoms with van der Waals surface area (Å²) in [5.41, 5.74) is 7.97. The van der Waals surface area contributed by atoms with Crippen molar-refractivity contribution in [2.45, 2.75) is 51.1 Å². The molecule has 3 aliphatic carbocycles. The lowest BCUT2D eigenvalue weighted by Gasteiger charge is -2.23. The lowest BCUT2D eigenvalue weighted by Crippen LogP contribution is -2.34. The zero-order valence-corrected chi connectivity index (χ0v) is 12.5. The van der Waals surface area contributed by atoms with Crippen molar-refractivity contribution < 1.29 is 4.79 Å². The summed E-state index contributed by atoms with van der Waals surface area (Å²) in [5.74, 6) is 2.14. The van der Waals surface area contributed by atoms with Crippen LogP contribution in [0.2, 0.25) is 0 Å². The fraction of sp³-hybridized carbons (Fsp3) is 0.611. The zero-order valence-electron chi connectivity index (χ0n) is 12.5. The van der Waals surface area contributed by atoms with Gasteiger partial charge in [0.25, 0.3) is 0 Å². The van der Waals surface area contributed by atoms with Crippen LogP contribution in [-0.4, -0.2) is 16.8 Å². The molecule has 1 aromatic carbocycles. The molecule has 0 heterocycles. The molecule has 2 N–H and O–H groups in total. The van der Waals surface area contributed by atoms with Crippen molar-refractivity contribution in [2.75, 3.05) is 5.73 Å². The summed E-state index contributed by atoms with van der Waals surface area (Å²) < 4.78 is 0. The molecule has 0 saturated heterocycles. The maximum Gasteiger partial charge on any atom is 0.226 e. The monoisotopic (exact) mass is 284 g/mol. The highest BCUT2D eigenvalue weighted by molar-refractivity contribution is 5.83. The van der Waals surface area contributed by atoms with E-state index in [4.69, 9.17) is 5.73 Å². The second-order valence-electron chi connectivity index (χ2n) is 7.03. The number of rotatable bonds is 4. The van der Waals surface area contributed by atoms with Crippen LogP contribution >= 0.6 is 0 Å². The number of nitrogens with two attached hydrogens (primary N) is 1. The third-order valence-corrected chi connectivity index (χ3v) is 5.61. The molecule has 112 valence electrons. The van der Waals surface area contributed by atoms with Crippen LogP contribution in [0.3, 0.4) is 0 Å². The Morgan fingerprint density at radius 3 is 2.38 bits per heavy atom. The number of amides is 1. The van der Waals surface area contributed by atoms with Crippen molar-refractivity contribution in [1.29, 1.82) is 0 Å². The molecule has 0 bridgehead atoms. The average molecular weight is 284 g/mol. The van der Waals surface area contributed by atoms with E-state index in [2.05, 4.69) is 11.0 Å². The number of nitrogens with zero attached hydrogens (tertiary/aromatic N) is 1. The maximum atomic E-state index is 13.0. The van der Waals surface area contributed by atoms with Crippen LogP contribution in [0.15, 0.2) is 24.3 Å². The number of para-hydroxylation sites is 1. The Balaban J connectivity index is 1.50. The fourth-order valence-electron chi connectivity index (χ4n) is 4.18. The van der Waals surface area contributed by atoms with Crippen molar-refractivity contribution in [1.82, 2.24) is 4.90 Å². The van der Waals surface area contributed by atoms with Crippen LogP contribution in [0.1, 0.15) is 44.1 Å². The van der Waals surface area contributed by atoms with Crippen molar-refractivity contribution in [3.8, 4) is 0 Å². The summed E-state index contributed by atoms with van der Waals surface area (Å²) in [6.45, 7) is 0.701. The van der Waals surface area contributed by atoms with Gasteiger partial charge in [-0.05, 0) is 49.1 Å². The molecule has 1 aromatic rings. The van der Waals surface area contributed by atoms with Crippen LogP contribution in [0, 0.1) is 17.8 Å². The first kappa shape index (κ1) is 13.2. The van der Waals surface area contributed by atoms with Gasteiger partial charge in [-0.1, -0.05) is 31.0 Å². The van der Waals surface area contributed by atoms with Gasteiger partial charge in [-0.2, -0.15) is 0 Å². The van der Waals surface area contributed by atoms with Gasteiger partial charge in [0.2, 0.25) is 5.91 Å². The van der Waals surface area contributed by atoms with E-state index in [0.717, 1.165) is 11.3 Å². The minimum atomic E-state index is 0.332. The lowest BCUT2D eigenvalue weighted by atomic mass is 10.0. The van der Waals surface area contributed by atoms with Crippen LogP contribution in [0.25, 0.3) is 0 Å². The Kier molecular flexibility index (Phi) is 3.16. The Morgan fingerprint density at radius 2 is 1.76 bits per heavy atom. The molecule has 3 nitrogen and oxygen atoms in total. The van der Waals surface area contributed by atoms with Crippen LogP contribution < -0.4 is 5.73 Å². The smallest absolute Gasteiger partial charge is 0.226 e. The largest absolute Gasteiger partial charge is 0.398 e. The summed E-state index contributed by atoms with van der Waals surface area (Å²) >= 11 is 0. The molecule has 3 aliphatic rings. The summed E-state index contributed by atoms with van der Waals surface area (Å²) in [6.07, 6.45) is 7.52. The van der Waals surface area contributed by atoms with Gasteiger partial charge in [-0.3, -0.25) is 4.79 Å². The van der Waals surface area contributed by atoms with E-state index < -0.39 is 0 Å². The number of hydrogen-bond acceptors (Lipinski definition) is 2. The minimum absolute atomic E-state index is 0.332. The van der Waals surface area contributed by atoms with Gasteiger partial charge in [0, 0.05) is 24.2 Å². The molecule has 3 saturated carbocycles. The van der Waals surface area contributed by atoms with E-state index in [9.17, 15) is 4.79 Å². The first-order valence-corrected chi connectivity index (χ1v) is 8.39. The van der Waals surface area contributed by atoms with Gasteiger partial charge in [0.15, 0.2) is 0 Å². The summed E-state index contributed by atoms with van der Waals surface area (Å²) in [6, 6.07) is 8.43. The Morgan fingerprint density at radius 1 is 1.10 bits per heavy atom. The number of hydrogen-bond donors (Lipinski definition) is 1. The zero-order chi connectivity index (χ0) is 14.4. The molecule has 0 aromatic heterocycles. The standard InChI is InChI=1S/C18H24N2O/c19-16-8-4-1-5-12(16)11-20(13-9-10-13)18(21)17-14-6-2-3-7-15(14)17/h1,4-5,8,13-15,17H,2-3,6-7,9-11,19H2. The van der Waals surface area contributed by atoms with Gasteiger partial charge in [0.1, 0.15) is 0 Å². The topological polar surface area (TPSA) is 46.3 Å². The lowest BCUT2D eigenvalue weighted by molar-refractivity contribution is -0.134. The quantitative estimate of drug-likeness (QED) is 0.863. The first-order chi connectivity index (χ1) is 10.3. The molecule has 0 radical (unpaired) electrons. The fourth-order valence-corrected chi connectivity index (χ4v) is 4.18. The van der Waals surface area contributed by atoms with Crippen molar-refractivity contribution >= 4 is 11.6 Å². The maximum absolute atomic E-state index is 13.0. The number of benzene rings is 1. The van der Waals surface area contributed by atoms with E-state index >= 15 is 0 Å². The van der Waals surface area contributed by atoms with Crippen molar-refractivity contribution in [3.63, 3.8) is 0 Å². The molecule has 3 fully saturated rings. The van der Waals surface area contributed by atoms with E-state index in [1.54, 1.807) is 0 Å². The van der Waals surface area contributed by atoms with Crippen LogP contribution in [-0.2, 0) is 11.3 Å². The van der Waals surface area contributed by atoms with Gasteiger partial charge >= 0.3 is 0 Å². The normalized spacial score (nSPS) is 30.6. The van der Waals surface area contributed by atoms with E-state index in [0.29, 0.717) is 36.2 Å². The molecule has 2 unspecified atom stereocenters. The number of nitrogen functional groups attached to an aromatic ring is 1. The summed E-state index contributed by atoms with van der Waals surface area (Å²) in [5, 5.41) is 0. The predicted octanol–water partition coefficient (Wildman–Crippen LogP) is 3.20. The SMILES string of the molecule is Nc1ccccc1CN(C(=O)C1C2CCCCC21)C1CC1. The molecule has 2 atom stereocenters. The highest BCUT2D eigenvalue weighted by Crippen LogP contribution is 2.56. The molecule has 21 heavy (non-hydrogen) atoms. The number of carbonyl (C=O) groups is 1. The molecule has 1 amide bonds. The third-order valence-electron chi connectivity index (χ3n) is 5.61. The first-order valence-electron chi connectivity index (χ1n) is 8.39. The molecule has 0 aliphatic heterocycles. The van der Waals surface area contributed by atoms with Gasteiger partial charge in [-0.25, -0.2) is 0 Å². The number of carbonyl (C=O) groups excluding carboxylic acids is 1. The Labute approximate surface area is 126 Å². The van der Waals surface area contributed by atoms with Crippen LogP contribution in [0.4, 0.5) is 5.69 Å². The Hall–Kier alpha value is -1.51. The average Bonchev–Trinajstić information content (AvgIpc) is 3.39. The third kappa shape index (κ3) is 2.43. The highest BCUT2D eigenvalue weighted by atomic mass is 16.2. The number of anilines is 1. The Bertz CT molecular complexity index is 540. The highest BCUT2D eigenvalue weighted by Gasteiger charge is 2.56. The van der Waals surface area contributed by atoms with Crippen molar-refractivity contribution in [3.05, 3.63) is 29.8 Å². The van der Waals surface area contributed by atoms with Crippen LogP contribution in [0.5, 0.6) is 0 Å². The van der Waals surface area contributed by atoms with Crippen molar-refractivity contribution in [2.24, 2.45) is 17.8 Å². The molecule has 0 spiro atoms.